The molecular weight excluding hydrogens is 272 g/mol. The highest BCUT2D eigenvalue weighted by Gasteiger charge is 2.01. The second kappa shape index (κ2) is 9.23. The average Bonchev–Trinajstić information content (AvgIpc) is 2.58. The van der Waals surface area contributed by atoms with Crippen molar-refractivity contribution in [3.63, 3.8) is 0 Å². The Morgan fingerprint density at radius 2 is 1.73 bits per heavy atom. The molecule has 2 N–H and O–H groups in total. The SMILES string of the molecule is CN(CCCCOCc1ccccc1)c1cccc(CN)c1. The van der Waals surface area contributed by atoms with Gasteiger partial charge in [-0.05, 0) is 36.1 Å². The molecule has 0 atom stereocenters. The first kappa shape index (κ1) is 16.5. The van der Waals surface area contributed by atoms with Crippen LogP contribution in [-0.2, 0) is 17.9 Å². The van der Waals surface area contributed by atoms with Gasteiger partial charge in [-0.15, -0.1) is 0 Å². The average molecular weight is 298 g/mol. The summed E-state index contributed by atoms with van der Waals surface area (Å²) in [7, 11) is 2.13. The van der Waals surface area contributed by atoms with Gasteiger partial charge in [0.05, 0.1) is 6.61 Å². The smallest absolute Gasteiger partial charge is 0.0716 e. The third-order valence-corrected chi connectivity index (χ3v) is 3.73. The molecule has 0 aliphatic rings. The first-order chi connectivity index (χ1) is 10.8. The van der Waals surface area contributed by atoms with Crippen LogP contribution >= 0.6 is 0 Å². The van der Waals surface area contributed by atoms with E-state index >= 15 is 0 Å². The van der Waals surface area contributed by atoms with Crippen LogP contribution in [0.2, 0.25) is 0 Å². The van der Waals surface area contributed by atoms with Gasteiger partial charge in [0.15, 0.2) is 0 Å². The van der Waals surface area contributed by atoms with Crippen molar-refractivity contribution in [2.75, 3.05) is 25.1 Å². The van der Waals surface area contributed by atoms with Gasteiger partial charge in [0, 0.05) is 32.4 Å². The largest absolute Gasteiger partial charge is 0.377 e. The summed E-state index contributed by atoms with van der Waals surface area (Å²) in [4.78, 5) is 2.27. The van der Waals surface area contributed by atoms with E-state index in [0.717, 1.165) is 26.0 Å². The summed E-state index contributed by atoms with van der Waals surface area (Å²) >= 11 is 0. The normalized spacial score (nSPS) is 10.6. The van der Waals surface area contributed by atoms with Crippen molar-refractivity contribution < 1.29 is 4.74 Å². The molecule has 0 spiro atoms. The fraction of sp³-hybridized carbons (Fsp3) is 0.368. The van der Waals surface area contributed by atoms with Gasteiger partial charge in [0.2, 0.25) is 0 Å². The molecule has 0 aromatic heterocycles. The minimum atomic E-state index is 0.592. The van der Waals surface area contributed by atoms with Gasteiger partial charge in [0.1, 0.15) is 0 Å². The Kier molecular flexibility index (Phi) is 6.94. The Labute approximate surface area is 133 Å². The molecule has 118 valence electrons. The number of anilines is 1. The lowest BCUT2D eigenvalue weighted by molar-refractivity contribution is 0.117. The Bertz CT molecular complexity index is 542. The number of nitrogens with two attached hydrogens (primary N) is 1. The van der Waals surface area contributed by atoms with E-state index < -0.39 is 0 Å². The van der Waals surface area contributed by atoms with Crippen LogP contribution in [0, 0.1) is 0 Å². The zero-order valence-corrected chi connectivity index (χ0v) is 13.4. The van der Waals surface area contributed by atoms with Crippen molar-refractivity contribution in [2.24, 2.45) is 5.73 Å². The fourth-order valence-corrected chi connectivity index (χ4v) is 2.37. The number of hydrogen-bond donors (Lipinski definition) is 1. The lowest BCUT2D eigenvalue weighted by Crippen LogP contribution is -2.19. The third-order valence-electron chi connectivity index (χ3n) is 3.73. The maximum atomic E-state index is 5.71. The summed E-state index contributed by atoms with van der Waals surface area (Å²) in [5.74, 6) is 0. The predicted octanol–water partition coefficient (Wildman–Crippen LogP) is 3.58. The first-order valence-corrected chi connectivity index (χ1v) is 7.91. The van der Waals surface area contributed by atoms with Gasteiger partial charge in [-0.2, -0.15) is 0 Å². The molecule has 0 aliphatic carbocycles. The van der Waals surface area contributed by atoms with Crippen LogP contribution in [0.25, 0.3) is 0 Å². The number of unbranched alkanes of at least 4 members (excludes halogenated alkanes) is 1. The molecule has 3 nitrogen and oxygen atoms in total. The Balaban J connectivity index is 1.61. The summed E-state index contributed by atoms with van der Waals surface area (Å²) in [6, 6.07) is 18.7. The van der Waals surface area contributed by atoms with Gasteiger partial charge >= 0.3 is 0 Å². The van der Waals surface area contributed by atoms with Gasteiger partial charge in [-0.1, -0.05) is 42.5 Å². The highest BCUT2D eigenvalue weighted by atomic mass is 16.5. The molecule has 2 rings (SSSR count). The van der Waals surface area contributed by atoms with E-state index in [1.807, 2.05) is 18.2 Å². The lowest BCUT2D eigenvalue weighted by Gasteiger charge is -2.20. The van der Waals surface area contributed by atoms with Crippen molar-refractivity contribution in [3.05, 3.63) is 65.7 Å². The summed E-state index contributed by atoms with van der Waals surface area (Å²) in [5, 5.41) is 0. The summed E-state index contributed by atoms with van der Waals surface area (Å²) in [6.07, 6.45) is 2.20. The zero-order valence-electron chi connectivity index (χ0n) is 13.4. The van der Waals surface area contributed by atoms with Crippen LogP contribution in [0.1, 0.15) is 24.0 Å². The van der Waals surface area contributed by atoms with E-state index in [-0.39, 0.29) is 0 Å². The van der Waals surface area contributed by atoms with Crippen LogP contribution in [0.15, 0.2) is 54.6 Å². The topological polar surface area (TPSA) is 38.5 Å². The zero-order chi connectivity index (χ0) is 15.6. The molecule has 0 fully saturated rings. The Morgan fingerprint density at radius 1 is 0.955 bits per heavy atom. The van der Waals surface area contributed by atoms with Gasteiger partial charge < -0.3 is 15.4 Å². The summed E-state index contributed by atoms with van der Waals surface area (Å²) < 4.78 is 5.71. The predicted molar refractivity (Wildman–Crippen MR) is 92.9 cm³/mol. The second-order valence-corrected chi connectivity index (χ2v) is 5.54. The monoisotopic (exact) mass is 298 g/mol. The minimum absolute atomic E-state index is 0.592. The summed E-state index contributed by atoms with van der Waals surface area (Å²) in [6.45, 7) is 3.14. The van der Waals surface area contributed by atoms with Crippen LogP contribution in [0.4, 0.5) is 5.69 Å². The Hall–Kier alpha value is -1.84. The van der Waals surface area contributed by atoms with E-state index in [9.17, 15) is 0 Å². The molecule has 0 radical (unpaired) electrons. The molecule has 2 aromatic rings. The van der Waals surface area contributed by atoms with Crippen molar-refractivity contribution in [1.82, 2.24) is 0 Å². The lowest BCUT2D eigenvalue weighted by atomic mass is 10.2. The number of rotatable bonds is 9. The minimum Gasteiger partial charge on any atom is -0.377 e. The molecule has 0 aliphatic heterocycles. The third kappa shape index (κ3) is 5.51. The molecule has 0 unspecified atom stereocenters. The highest BCUT2D eigenvalue weighted by Crippen LogP contribution is 2.15. The van der Waals surface area contributed by atoms with Crippen molar-refractivity contribution >= 4 is 5.69 Å². The van der Waals surface area contributed by atoms with E-state index in [0.29, 0.717) is 13.2 Å². The summed E-state index contributed by atoms with van der Waals surface area (Å²) in [5.41, 5.74) is 9.33. The molecular formula is C19H26N2O. The van der Waals surface area contributed by atoms with Gasteiger partial charge in [0.25, 0.3) is 0 Å². The molecule has 0 saturated heterocycles. The maximum Gasteiger partial charge on any atom is 0.0716 e. The fourth-order valence-electron chi connectivity index (χ4n) is 2.37. The van der Waals surface area contributed by atoms with Crippen molar-refractivity contribution in [3.8, 4) is 0 Å². The van der Waals surface area contributed by atoms with Crippen molar-refractivity contribution in [1.29, 1.82) is 0 Å². The second-order valence-electron chi connectivity index (χ2n) is 5.54. The highest BCUT2D eigenvalue weighted by molar-refractivity contribution is 5.47. The standard InChI is InChI=1S/C19H26N2O/c1-21(19-11-7-10-18(14-19)15-20)12-5-6-13-22-16-17-8-3-2-4-9-17/h2-4,7-11,14H,5-6,12-13,15-16,20H2,1H3. The van der Waals surface area contributed by atoms with Crippen LogP contribution in [0.5, 0.6) is 0 Å². The number of ether oxygens (including phenoxy) is 1. The van der Waals surface area contributed by atoms with Gasteiger partial charge in [-0.25, -0.2) is 0 Å². The van der Waals surface area contributed by atoms with Crippen LogP contribution < -0.4 is 10.6 Å². The number of hydrogen-bond acceptors (Lipinski definition) is 3. The van der Waals surface area contributed by atoms with E-state index in [4.69, 9.17) is 10.5 Å². The quantitative estimate of drug-likeness (QED) is 0.719. The van der Waals surface area contributed by atoms with Crippen molar-refractivity contribution in [2.45, 2.75) is 26.0 Å². The molecule has 22 heavy (non-hydrogen) atoms. The molecule has 2 aromatic carbocycles. The molecule has 0 amide bonds. The van der Waals surface area contributed by atoms with Crippen LogP contribution in [-0.4, -0.2) is 20.2 Å². The molecule has 0 saturated carbocycles. The first-order valence-electron chi connectivity index (χ1n) is 7.91. The Morgan fingerprint density at radius 3 is 2.50 bits per heavy atom. The maximum absolute atomic E-state index is 5.71. The van der Waals surface area contributed by atoms with E-state index in [1.165, 1.54) is 16.8 Å². The molecule has 3 heteroatoms. The van der Waals surface area contributed by atoms with E-state index in [2.05, 4.69) is 48.3 Å². The van der Waals surface area contributed by atoms with E-state index in [1.54, 1.807) is 0 Å². The number of nitrogens with zero attached hydrogens (tertiary/aromatic N) is 1. The van der Waals surface area contributed by atoms with Gasteiger partial charge in [-0.3, -0.25) is 0 Å². The molecule has 0 heterocycles. The number of benzene rings is 2. The molecule has 0 bridgehead atoms. The van der Waals surface area contributed by atoms with Crippen LogP contribution in [0.3, 0.4) is 0 Å².